The molecule has 1 saturated carbocycles. The first-order valence-electron chi connectivity index (χ1n) is 35.9. The molecular formula is C94H81BN4. The molecule has 3 aliphatic rings. The highest BCUT2D eigenvalue weighted by atomic mass is 15.2. The average Bonchev–Trinajstić information content (AvgIpc) is 1.14. The number of aromatic nitrogens is 2. The van der Waals surface area contributed by atoms with Crippen LogP contribution in [0.4, 0.5) is 34.1 Å². The average molecular weight is 1280 g/mol. The molecule has 1 fully saturated rings. The second-order valence-corrected chi connectivity index (χ2v) is 30.4. The number of benzene rings is 13. The third kappa shape index (κ3) is 10.0. The van der Waals surface area contributed by atoms with Crippen LogP contribution in [0.3, 0.4) is 0 Å². The van der Waals surface area contributed by atoms with Crippen LogP contribution in [0.5, 0.6) is 0 Å². The van der Waals surface area contributed by atoms with Gasteiger partial charge in [0.2, 0.25) is 0 Å². The van der Waals surface area contributed by atoms with Gasteiger partial charge in [-0.05, 0) is 196 Å². The van der Waals surface area contributed by atoms with Crippen molar-refractivity contribution in [2.45, 2.75) is 104 Å². The number of hydrogen-bond acceptors (Lipinski definition) is 2. The minimum Gasteiger partial charge on any atom is -0.310 e. The first-order chi connectivity index (χ1) is 48.2. The van der Waals surface area contributed by atoms with Crippen molar-refractivity contribution >= 4 is 101 Å². The molecule has 4 nitrogen and oxygen atoms in total. The standard InChI is InChI=1S/C94H81BN4/c1-60-42-48-84-78(50-60)72-38-24-26-40-82(72)96(84)70-44-46-80-86(58-70)98(91-74(63-30-16-10-17-31-63)54-68(93(3,4)5)55-75(91)64-32-18-11-19-33-64)88-52-67(62-28-14-9-15-29-62)53-89-90(88)95(80)81-47-45-71(97-83-41-27-25-39-73(83)79-51-61(2)43-49-85(79)97)59-87(81)99(89)92-76(65-34-20-12-21-35-65)56-69(94(6,7)8)57-77(92)66-36-22-13-23-37-66/h10-13,16-27,30-59,62H,9,14-15,28-29H2,1-8H3. The van der Waals surface area contributed by atoms with Gasteiger partial charge in [-0.3, -0.25) is 0 Å². The van der Waals surface area contributed by atoms with Gasteiger partial charge in [0.05, 0.1) is 33.4 Å². The molecule has 15 aromatic rings. The Balaban J connectivity index is 1.04. The highest BCUT2D eigenvalue weighted by Gasteiger charge is 2.46. The predicted octanol–water partition coefficient (Wildman–Crippen LogP) is 23.9. The third-order valence-corrected chi connectivity index (χ3v) is 22.0. The Kier molecular flexibility index (Phi) is 14.3. The Morgan fingerprint density at radius 2 is 0.677 bits per heavy atom. The quantitative estimate of drug-likeness (QED) is 0.134. The minimum absolute atomic E-state index is 0.171. The van der Waals surface area contributed by atoms with E-state index in [2.05, 4.69) is 353 Å². The molecule has 0 spiro atoms. The van der Waals surface area contributed by atoms with Gasteiger partial charge in [0.1, 0.15) is 0 Å². The molecule has 2 aromatic heterocycles. The molecule has 18 rings (SSSR count). The van der Waals surface area contributed by atoms with E-state index in [1.54, 1.807) is 0 Å². The summed E-state index contributed by atoms with van der Waals surface area (Å²) in [7, 11) is 0. The van der Waals surface area contributed by atoms with Gasteiger partial charge in [-0.2, -0.15) is 0 Å². The van der Waals surface area contributed by atoms with Gasteiger partial charge in [-0.1, -0.05) is 254 Å². The van der Waals surface area contributed by atoms with Gasteiger partial charge < -0.3 is 18.9 Å². The molecule has 99 heavy (non-hydrogen) atoms. The Bertz CT molecular complexity index is 5240. The molecule has 0 unspecified atom stereocenters. The van der Waals surface area contributed by atoms with Crippen LogP contribution in [0, 0.1) is 13.8 Å². The topological polar surface area (TPSA) is 16.3 Å². The lowest BCUT2D eigenvalue weighted by molar-refractivity contribution is 0.444. The second kappa shape index (κ2) is 23.4. The van der Waals surface area contributed by atoms with Crippen molar-refractivity contribution in [1.82, 2.24) is 9.13 Å². The second-order valence-electron chi connectivity index (χ2n) is 30.4. The Labute approximate surface area is 583 Å². The fourth-order valence-electron chi connectivity index (χ4n) is 17.1. The summed E-state index contributed by atoms with van der Waals surface area (Å²) in [5, 5.41) is 5.03. The smallest absolute Gasteiger partial charge is 0.252 e. The molecule has 13 aromatic carbocycles. The summed E-state index contributed by atoms with van der Waals surface area (Å²) < 4.78 is 5.07. The molecule has 0 saturated heterocycles. The number of fused-ring (bicyclic) bond motifs is 10. The van der Waals surface area contributed by atoms with E-state index in [-0.39, 0.29) is 17.5 Å². The van der Waals surface area contributed by atoms with Crippen molar-refractivity contribution < 1.29 is 0 Å². The maximum Gasteiger partial charge on any atom is 0.252 e. The summed E-state index contributed by atoms with van der Waals surface area (Å²) in [6.07, 6.45) is 5.95. The number of hydrogen-bond donors (Lipinski definition) is 0. The first kappa shape index (κ1) is 60.5. The molecule has 1 aliphatic carbocycles. The lowest BCUT2D eigenvalue weighted by Crippen LogP contribution is -2.61. The monoisotopic (exact) mass is 1280 g/mol. The molecule has 5 heteroatoms. The SMILES string of the molecule is Cc1ccc2c(c1)c1ccccc1n2-c1ccc2c(c1)N(c1c(-c3ccccc3)cc(C(C)(C)C)cc1-c1ccccc1)c1cc(C3CCCCC3)cc3c1B2c1ccc(-n2c4ccccc4c4cc(C)ccc42)cc1N3c1c(-c2ccccc2)cc(C(C)(C)C)cc1-c1ccccc1. The Hall–Kier alpha value is -10.9. The van der Waals surface area contributed by atoms with Crippen LogP contribution in [-0.4, -0.2) is 15.8 Å². The van der Waals surface area contributed by atoms with Crippen LogP contribution in [0.2, 0.25) is 0 Å². The van der Waals surface area contributed by atoms with E-state index in [0.29, 0.717) is 5.92 Å². The highest BCUT2D eigenvalue weighted by molar-refractivity contribution is 7.00. The summed E-state index contributed by atoms with van der Waals surface area (Å²) in [4.78, 5) is 5.57. The minimum atomic E-state index is -0.194. The molecule has 0 N–H and O–H groups in total. The van der Waals surface area contributed by atoms with E-state index in [1.807, 2.05) is 0 Å². The van der Waals surface area contributed by atoms with Crippen molar-refractivity contribution in [3.63, 3.8) is 0 Å². The summed E-state index contributed by atoms with van der Waals surface area (Å²) in [6.45, 7) is 18.5. The molecule has 4 heterocycles. The maximum atomic E-state index is 2.78. The van der Waals surface area contributed by atoms with Gasteiger partial charge in [0, 0.05) is 77.9 Å². The zero-order valence-electron chi connectivity index (χ0n) is 58.0. The number of aryl methyl sites for hydroxylation is 2. The number of para-hydroxylation sites is 2. The molecule has 2 aliphatic heterocycles. The van der Waals surface area contributed by atoms with Crippen molar-refractivity contribution in [2.75, 3.05) is 9.80 Å². The van der Waals surface area contributed by atoms with Crippen LogP contribution in [0.1, 0.15) is 107 Å². The van der Waals surface area contributed by atoms with Crippen LogP contribution in [-0.2, 0) is 10.8 Å². The highest BCUT2D eigenvalue weighted by Crippen LogP contribution is 2.56. The van der Waals surface area contributed by atoms with Crippen molar-refractivity contribution in [3.05, 3.63) is 307 Å². The number of nitrogens with zero attached hydrogens (tertiary/aromatic N) is 4. The first-order valence-corrected chi connectivity index (χ1v) is 35.9. The van der Waals surface area contributed by atoms with Crippen molar-refractivity contribution in [3.8, 4) is 55.9 Å². The summed E-state index contributed by atoms with van der Waals surface area (Å²) in [5.74, 6) is 0.348. The molecule has 0 bridgehead atoms. The van der Waals surface area contributed by atoms with E-state index < -0.39 is 0 Å². The van der Waals surface area contributed by atoms with Crippen LogP contribution in [0.15, 0.2) is 279 Å². The van der Waals surface area contributed by atoms with Gasteiger partial charge in [-0.15, -0.1) is 0 Å². The molecule has 480 valence electrons. The van der Waals surface area contributed by atoms with Gasteiger partial charge in [-0.25, -0.2) is 0 Å². The van der Waals surface area contributed by atoms with E-state index in [1.165, 1.54) is 186 Å². The number of rotatable bonds is 9. The Morgan fingerprint density at radius 3 is 1.05 bits per heavy atom. The normalized spacial score (nSPS) is 14.0. The fourth-order valence-corrected chi connectivity index (χ4v) is 17.1. The van der Waals surface area contributed by atoms with E-state index >= 15 is 0 Å². The lowest BCUT2D eigenvalue weighted by atomic mass is 9.33. The summed E-state index contributed by atoms with van der Waals surface area (Å²) in [5.41, 5.74) is 33.7. The molecule has 0 atom stereocenters. The van der Waals surface area contributed by atoms with Crippen LogP contribution in [0.25, 0.3) is 99.5 Å². The zero-order chi connectivity index (χ0) is 67.0. The van der Waals surface area contributed by atoms with E-state index in [4.69, 9.17) is 0 Å². The lowest BCUT2D eigenvalue weighted by Gasteiger charge is -2.46. The predicted molar refractivity (Wildman–Crippen MR) is 424 cm³/mol. The molecule has 0 radical (unpaired) electrons. The maximum absolute atomic E-state index is 2.78. The van der Waals surface area contributed by atoms with Crippen molar-refractivity contribution in [1.29, 1.82) is 0 Å². The van der Waals surface area contributed by atoms with Gasteiger partial charge >= 0.3 is 0 Å². The molecule has 0 amide bonds. The van der Waals surface area contributed by atoms with Crippen LogP contribution >= 0.6 is 0 Å². The molecular weight excluding hydrogens is 1200 g/mol. The van der Waals surface area contributed by atoms with Crippen LogP contribution < -0.4 is 26.2 Å². The largest absolute Gasteiger partial charge is 0.310 e. The summed E-state index contributed by atoms with van der Waals surface area (Å²) in [6, 6.07) is 108. The third-order valence-electron chi connectivity index (χ3n) is 22.0. The Morgan fingerprint density at radius 1 is 0.323 bits per heavy atom. The van der Waals surface area contributed by atoms with Gasteiger partial charge in [0.25, 0.3) is 6.71 Å². The van der Waals surface area contributed by atoms with Gasteiger partial charge in [0.15, 0.2) is 0 Å². The van der Waals surface area contributed by atoms with E-state index in [9.17, 15) is 0 Å². The zero-order valence-corrected chi connectivity index (χ0v) is 58.0. The fraction of sp³-hybridized carbons (Fsp3) is 0.170. The van der Waals surface area contributed by atoms with Crippen molar-refractivity contribution in [2.24, 2.45) is 0 Å². The summed E-state index contributed by atoms with van der Waals surface area (Å²) >= 11 is 0. The van der Waals surface area contributed by atoms with E-state index in [0.717, 1.165) is 24.2 Å². The number of anilines is 6.